The Hall–Kier alpha value is -1.41. The van der Waals surface area contributed by atoms with E-state index in [1.54, 1.807) is 12.1 Å². The van der Waals surface area contributed by atoms with Crippen LogP contribution in [0.15, 0.2) is 28.7 Å². The summed E-state index contributed by atoms with van der Waals surface area (Å²) in [6.07, 6.45) is -0.134. The van der Waals surface area contributed by atoms with E-state index in [0.29, 0.717) is 16.5 Å². The number of aromatic amines is 1. The zero-order valence-electron chi connectivity index (χ0n) is 11.9. The number of methoxy groups -OCH3 is 1. The summed E-state index contributed by atoms with van der Waals surface area (Å²) in [5.74, 6) is 0.207. The van der Waals surface area contributed by atoms with Crippen LogP contribution in [0.25, 0.3) is 11.3 Å². The molecule has 2 rings (SSSR count). The average Bonchev–Trinajstić information content (AvgIpc) is 2.95. The second kappa shape index (κ2) is 7.73. The number of hydrogen-bond acceptors (Lipinski definition) is 4. The molecule has 0 bridgehead atoms. The Kier molecular flexibility index (Phi) is 5.96. The van der Waals surface area contributed by atoms with E-state index in [-0.39, 0.29) is 25.0 Å². The number of ether oxygens (including phenoxy) is 1. The summed E-state index contributed by atoms with van der Waals surface area (Å²) in [5.41, 5.74) is 6.99. The van der Waals surface area contributed by atoms with Crippen molar-refractivity contribution in [2.24, 2.45) is 5.73 Å². The molecule has 0 saturated carbocycles. The molecule has 1 unspecified atom stereocenters. The number of nitrogens with two attached hydrogens (primary N) is 1. The SMILES string of the molecule is COC(CN)CC(=O)Nc1cc(-c2cc(Br)ccc2Cl)[nH]n1. The molecule has 8 heteroatoms. The van der Waals surface area contributed by atoms with Gasteiger partial charge in [-0.3, -0.25) is 9.89 Å². The summed E-state index contributed by atoms with van der Waals surface area (Å²) in [7, 11) is 1.52. The number of amides is 1. The molecule has 4 N–H and O–H groups in total. The normalized spacial score (nSPS) is 12.2. The second-order valence-electron chi connectivity index (χ2n) is 4.64. The van der Waals surface area contributed by atoms with Gasteiger partial charge in [0.2, 0.25) is 5.91 Å². The highest BCUT2D eigenvalue weighted by atomic mass is 79.9. The highest BCUT2D eigenvalue weighted by Crippen LogP contribution is 2.30. The summed E-state index contributed by atoms with van der Waals surface area (Å²) in [6.45, 7) is 0.281. The van der Waals surface area contributed by atoms with Crippen molar-refractivity contribution in [1.29, 1.82) is 0 Å². The number of anilines is 1. The lowest BCUT2D eigenvalue weighted by molar-refractivity contribution is -0.118. The van der Waals surface area contributed by atoms with E-state index >= 15 is 0 Å². The van der Waals surface area contributed by atoms with Crippen molar-refractivity contribution < 1.29 is 9.53 Å². The third kappa shape index (κ3) is 4.30. The minimum Gasteiger partial charge on any atom is -0.380 e. The van der Waals surface area contributed by atoms with Crippen LogP contribution in [0.1, 0.15) is 6.42 Å². The van der Waals surface area contributed by atoms with Crippen LogP contribution in [0.2, 0.25) is 5.02 Å². The number of H-pyrrole nitrogens is 1. The number of aromatic nitrogens is 2. The first-order valence-electron chi connectivity index (χ1n) is 6.57. The molecule has 1 atom stereocenters. The number of carbonyl (C=O) groups is 1. The molecule has 1 aromatic carbocycles. The molecule has 22 heavy (non-hydrogen) atoms. The monoisotopic (exact) mass is 386 g/mol. The van der Waals surface area contributed by atoms with Gasteiger partial charge in [0.05, 0.1) is 23.2 Å². The van der Waals surface area contributed by atoms with Gasteiger partial charge in [0.1, 0.15) is 0 Å². The van der Waals surface area contributed by atoms with Gasteiger partial charge in [-0.15, -0.1) is 0 Å². The minimum atomic E-state index is -0.307. The van der Waals surface area contributed by atoms with Crippen LogP contribution >= 0.6 is 27.5 Å². The zero-order valence-corrected chi connectivity index (χ0v) is 14.2. The second-order valence-corrected chi connectivity index (χ2v) is 5.96. The van der Waals surface area contributed by atoms with Crippen molar-refractivity contribution >= 4 is 39.3 Å². The fraction of sp³-hybridized carbons (Fsp3) is 0.286. The van der Waals surface area contributed by atoms with Gasteiger partial charge in [0.25, 0.3) is 0 Å². The van der Waals surface area contributed by atoms with E-state index in [9.17, 15) is 4.79 Å². The van der Waals surface area contributed by atoms with Crippen LogP contribution < -0.4 is 11.1 Å². The third-order valence-electron chi connectivity index (χ3n) is 3.07. The van der Waals surface area contributed by atoms with Crippen LogP contribution in [-0.2, 0) is 9.53 Å². The smallest absolute Gasteiger partial charge is 0.228 e. The zero-order chi connectivity index (χ0) is 16.1. The van der Waals surface area contributed by atoms with Crippen molar-refractivity contribution in [2.45, 2.75) is 12.5 Å². The summed E-state index contributed by atoms with van der Waals surface area (Å²) in [6, 6.07) is 7.22. The summed E-state index contributed by atoms with van der Waals surface area (Å²) < 4.78 is 5.98. The maximum absolute atomic E-state index is 11.9. The van der Waals surface area contributed by atoms with Gasteiger partial charge < -0.3 is 15.8 Å². The van der Waals surface area contributed by atoms with Gasteiger partial charge in [-0.05, 0) is 18.2 Å². The maximum atomic E-state index is 11.9. The van der Waals surface area contributed by atoms with Gasteiger partial charge in [0, 0.05) is 29.8 Å². The predicted molar refractivity (Wildman–Crippen MR) is 89.8 cm³/mol. The molecule has 0 saturated heterocycles. The number of carbonyl (C=O) groups excluding carboxylic acids is 1. The number of benzene rings is 1. The van der Waals surface area contributed by atoms with Crippen molar-refractivity contribution in [3.8, 4) is 11.3 Å². The first kappa shape index (κ1) is 17.0. The Morgan fingerprint density at radius 3 is 3.00 bits per heavy atom. The first-order valence-corrected chi connectivity index (χ1v) is 7.74. The van der Waals surface area contributed by atoms with Crippen LogP contribution in [0, 0.1) is 0 Å². The third-order valence-corrected chi connectivity index (χ3v) is 3.90. The Labute approximate surface area is 141 Å². The molecule has 0 radical (unpaired) electrons. The van der Waals surface area contributed by atoms with Crippen molar-refractivity contribution in [3.63, 3.8) is 0 Å². The number of nitrogens with one attached hydrogen (secondary N) is 2. The number of hydrogen-bond donors (Lipinski definition) is 3. The van der Waals surface area contributed by atoms with Crippen LogP contribution in [0.3, 0.4) is 0 Å². The quantitative estimate of drug-likeness (QED) is 0.710. The van der Waals surface area contributed by atoms with Gasteiger partial charge >= 0.3 is 0 Å². The lowest BCUT2D eigenvalue weighted by atomic mass is 10.1. The molecule has 0 spiro atoms. The largest absolute Gasteiger partial charge is 0.380 e. The highest BCUT2D eigenvalue weighted by molar-refractivity contribution is 9.10. The van der Waals surface area contributed by atoms with E-state index < -0.39 is 0 Å². The Bertz CT molecular complexity index is 658. The Balaban J connectivity index is 2.08. The van der Waals surface area contributed by atoms with Crippen molar-refractivity contribution in [3.05, 3.63) is 33.8 Å². The number of nitrogens with zero attached hydrogens (tertiary/aromatic N) is 1. The topological polar surface area (TPSA) is 93.0 Å². The highest BCUT2D eigenvalue weighted by Gasteiger charge is 2.14. The molecule has 6 nitrogen and oxygen atoms in total. The van der Waals surface area contributed by atoms with E-state index in [1.165, 1.54) is 7.11 Å². The van der Waals surface area contributed by atoms with E-state index in [0.717, 1.165) is 10.0 Å². The molecule has 1 amide bonds. The van der Waals surface area contributed by atoms with Crippen LogP contribution in [0.5, 0.6) is 0 Å². The molecule has 1 aromatic heterocycles. The Morgan fingerprint density at radius 1 is 1.55 bits per heavy atom. The molecule has 0 aliphatic carbocycles. The van der Waals surface area contributed by atoms with Gasteiger partial charge in [-0.25, -0.2) is 0 Å². The maximum Gasteiger partial charge on any atom is 0.228 e. The molecule has 0 aliphatic heterocycles. The summed E-state index contributed by atoms with van der Waals surface area (Å²) in [4.78, 5) is 11.9. The van der Waals surface area contributed by atoms with E-state index in [2.05, 4.69) is 31.4 Å². The van der Waals surface area contributed by atoms with Crippen LogP contribution in [0.4, 0.5) is 5.82 Å². The number of rotatable bonds is 6. The van der Waals surface area contributed by atoms with Crippen LogP contribution in [-0.4, -0.2) is 35.9 Å². The summed E-state index contributed by atoms with van der Waals surface area (Å²) in [5, 5.41) is 10.2. The van der Waals surface area contributed by atoms with Gasteiger partial charge in [0.15, 0.2) is 5.82 Å². The fourth-order valence-corrected chi connectivity index (χ4v) is 2.47. The molecule has 0 fully saturated rings. The molecular formula is C14H16BrClN4O2. The average molecular weight is 388 g/mol. The molecule has 118 valence electrons. The minimum absolute atomic E-state index is 0.173. The molecule has 2 aromatic rings. The van der Waals surface area contributed by atoms with Crippen molar-refractivity contribution in [2.75, 3.05) is 19.0 Å². The fourth-order valence-electron chi connectivity index (χ4n) is 1.89. The van der Waals surface area contributed by atoms with E-state index in [4.69, 9.17) is 22.1 Å². The number of halogens is 2. The standard InChI is InChI=1S/C14H16BrClN4O2/c1-22-9(7-17)5-14(21)18-13-6-12(19-20-13)10-4-8(15)2-3-11(10)16/h2-4,6,9H,5,7,17H2,1H3,(H2,18,19,20,21). The molecule has 1 heterocycles. The van der Waals surface area contributed by atoms with Gasteiger partial charge in [-0.1, -0.05) is 27.5 Å². The first-order chi connectivity index (χ1) is 10.5. The van der Waals surface area contributed by atoms with Gasteiger partial charge in [-0.2, -0.15) is 5.10 Å². The summed E-state index contributed by atoms with van der Waals surface area (Å²) >= 11 is 9.56. The van der Waals surface area contributed by atoms with Crippen molar-refractivity contribution in [1.82, 2.24) is 10.2 Å². The lowest BCUT2D eigenvalue weighted by Crippen LogP contribution is -2.28. The molecule has 0 aliphatic rings. The Morgan fingerprint density at radius 2 is 2.32 bits per heavy atom. The molecular weight excluding hydrogens is 372 g/mol. The predicted octanol–water partition coefficient (Wildman–Crippen LogP) is 2.79. The van der Waals surface area contributed by atoms with E-state index in [1.807, 2.05) is 12.1 Å². The lowest BCUT2D eigenvalue weighted by Gasteiger charge is -2.11.